The molecule has 0 aromatic carbocycles. The summed E-state index contributed by atoms with van der Waals surface area (Å²) < 4.78 is 4.10. The van der Waals surface area contributed by atoms with E-state index in [1.165, 1.54) is 0 Å². The zero-order chi connectivity index (χ0) is 13.1. The van der Waals surface area contributed by atoms with E-state index < -0.39 is 0 Å². The van der Waals surface area contributed by atoms with Gasteiger partial charge in [0.1, 0.15) is 5.52 Å². The molecule has 5 heteroatoms. The fourth-order valence-corrected chi connectivity index (χ4v) is 2.81. The van der Waals surface area contributed by atoms with Gasteiger partial charge in [0.15, 0.2) is 5.65 Å². The predicted octanol–water partition coefficient (Wildman–Crippen LogP) is 2.28. The maximum atomic E-state index is 6.10. The van der Waals surface area contributed by atoms with Crippen molar-refractivity contribution >= 4 is 17.1 Å². The van der Waals surface area contributed by atoms with Crippen molar-refractivity contribution in [2.75, 3.05) is 5.73 Å². The molecule has 2 heterocycles. The highest BCUT2D eigenvalue weighted by molar-refractivity contribution is 5.78. The highest BCUT2D eigenvalue weighted by Gasteiger charge is 2.49. The second-order valence-electron chi connectivity index (χ2n) is 6.04. The van der Waals surface area contributed by atoms with E-state index in [1.807, 2.05) is 11.7 Å². The van der Waals surface area contributed by atoms with Crippen LogP contribution in [0.5, 0.6) is 0 Å². The average molecular weight is 247 g/mol. The largest absolute Gasteiger partial charge is 0.369 e. The number of nitrogens with two attached hydrogens (primary N) is 1. The number of hydrogen-bond donors (Lipinski definition) is 1. The molecule has 0 amide bonds. The normalized spacial score (nSPS) is 21.7. The van der Waals surface area contributed by atoms with Crippen molar-refractivity contribution in [1.82, 2.24) is 19.3 Å². The lowest BCUT2D eigenvalue weighted by Gasteiger charge is -2.08. The first-order chi connectivity index (χ1) is 8.45. The van der Waals surface area contributed by atoms with Crippen LogP contribution >= 0.6 is 0 Å². The number of aromatic nitrogens is 4. The van der Waals surface area contributed by atoms with Crippen LogP contribution in [0.4, 0.5) is 5.95 Å². The molecule has 2 aromatic heterocycles. The Hall–Kier alpha value is -1.52. The van der Waals surface area contributed by atoms with Gasteiger partial charge in [0.05, 0.1) is 5.69 Å². The van der Waals surface area contributed by atoms with Crippen molar-refractivity contribution in [2.24, 2.45) is 12.5 Å². The first kappa shape index (κ1) is 11.6. The number of nitrogens with zero attached hydrogens (tertiary/aromatic N) is 4. The van der Waals surface area contributed by atoms with E-state index in [4.69, 9.17) is 5.73 Å². The summed E-state index contributed by atoms with van der Waals surface area (Å²) in [6.07, 6.45) is 3.20. The first-order valence-electron chi connectivity index (χ1n) is 6.65. The van der Waals surface area contributed by atoms with Gasteiger partial charge in [-0.05, 0) is 18.3 Å². The molecule has 0 spiro atoms. The van der Waals surface area contributed by atoms with E-state index in [0.717, 1.165) is 36.1 Å². The van der Waals surface area contributed by atoms with Gasteiger partial charge in [0.2, 0.25) is 5.95 Å². The Kier molecular flexibility index (Phi) is 2.24. The smallest absolute Gasteiger partial charge is 0.202 e. The van der Waals surface area contributed by atoms with E-state index in [2.05, 4.69) is 35.4 Å². The monoisotopic (exact) mass is 247 g/mol. The minimum Gasteiger partial charge on any atom is -0.369 e. The second kappa shape index (κ2) is 3.49. The van der Waals surface area contributed by atoms with Crippen molar-refractivity contribution in [1.29, 1.82) is 0 Å². The summed E-state index contributed by atoms with van der Waals surface area (Å²) in [5.41, 5.74) is 9.56. The van der Waals surface area contributed by atoms with Crippen molar-refractivity contribution in [3.05, 3.63) is 5.69 Å². The molecule has 1 aliphatic rings. The molecule has 18 heavy (non-hydrogen) atoms. The van der Waals surface area contributed by atoms with Crippen LogP contribution in [0, 0.1) is 5.41 Å². The third-order valence-corrected chi connectivity index (χ3v) is 4.02. The van der Waals surface area contributed by atoms with Crippen LogP contribution in [0.25, 0.3) is 11.2 Å². The Labute approximate surface area is 107 Å². The Morgan fingerprint density at radius 3 is 2.67 bits per heavy atom. The number of rotatable bonds is 3. The van der Waals surface area contributed by atoms with Gasteiger partial charge in [-0.2, -0.15) is 5.10 Å². The summed E-state index contributed by atoms with van der Waals surface area (Å²) in [5, 5.41) is 4.58. The number of fused-ring (bicyclic) bond motifs is 1. The van der Waals surface area contributed by atoms with Crippen LogP contribution in [-0.2, 0) is 13.5 Å². The third-order valence-electron chi connectivity index (χ3n) is 4.02. The molecule has 0 bridgehead atoms. The molecule has 2 N–H and O–H groups in total. The number of anilines is 1. The van der Waals surface area contributed by atoms with Crippen LogP contribution in [-0.4, -0.2) is 19.3 Å². The summed E-state index contributed by atoms with van der Waals surface area (Å²) >= 11 is 0. The number of imidazole rings is 1. The van der Waals surface area contributed by atoms with Gasteiger partial charge in [-0.3, -0.25) is 9.25 Å². The maximum absolute atomic E-state index is 6.10. The minimum atomic E-state index is 0.330. The second-order valence-corrected chi connectivity index (χ2v) is 6.04. The van der Waals surface area contributed by atoms with Gasteiger partial charge in [-0.15, -0.1) is 0 Å². The zero-order valence-corrected chi connectivity index (χ0v) is 11.6. The van der Waals surface area contributed by atoms with Gasteiger partial charge >= 0.3 is 0 Å². The summed E-state index contributed by atoms with van der Waals surface area (Å²) in [5.74, 6) is 0.630. The standard InChI is InChI=1S/C13H21N5/c1-5-6-8-10-11(17(4)16-8)18(12(14)15-10)9-7-13(9,2)3/h9H,5-7H2,1-4H3,(H2,14,15). The summed E-state index contributed by atoms with van der Waals surface area (Å²) in [7, 11) is 1.98. The van der Waals surface area contributed by atoms with Crippen molar-refractivity contribution in [2.45, 2.75) is 46.1 Å². The van der Waals surface area contributed by atoms with Crippen LogP contribution in [0.1, 0.15) is 45.3 Å². The Morgan fingerprint density at radius 2 is 2.11 bits per heavy atom. The molecule has 2 aromatic rings. The van der Waals surface area contributed by atoms with Gasteiger partial charge in [0, 0.05) is 13.1 Å². The molecule has 1 atom stereocenters. The van der Waals surface area contributed by atoms with E-state index in [1.54, 1.807) is 0 Å². The van der Waals surface area contributed by atoms with Crippen molar-refractivity contribution < 1.29 is 0 Å². The molecular weight excluding hydrogens is 226 g/mol. The Morgan fingerprint density at radius 1 is 1.44 bits per heavy atom. The van der Waals surface area contributed by atoms with E-state index in [9.17, 15) is 0 Å². The lowest BCUT2D eigenvalue weighted by molar-refractivity contribution is 0.545. The molecule has 1 saturated carbocycles. The summed E-state index contributed by atoms with van der Waals surface area (Å²) in [6, 6.07) is 0.465. The molecule has 3 rings (SSSR count). The average Bonchev–Trinajstić information content (AvgIpc) is 2.64. The fraction of sp³-hybridized carbons (Fsp3) is 0.692. The molecule has 0 radical (unpaired) electrons. The number of hydrogen-bond acceptors (Lipinski definition) is 3. The number of aryl methyl sites for hydroxylation is 2. The highest BCUT2D eigenvalue weighted by Crippen LogP contribution is 2.57. The van der Waals surface area contributed by atoms with E-state index in [0.29, 0.717) is 17.4 Å². The minimum absolute atomic E-state index is 0.330. The van der Waals surface area contributed by atoms with Crippen LogP contribution in [0.2, 0.25) is 0 Å². The van der Waals surface area contributed by atoms with Gasteiger partial charge in [-0.1, -0.05) is 27.2 Å². The Bertz CT molecular complexity index is 604. The Balaban J connectivity index is 2.18. The van der Waals surface area contributed by atoms with Gasteiger partial charge in [0.25, 0.3) is 0 Å². The summed E-state index contributed by atoms with van der Waals surface area (Å²) in [6.45, 7) is 6.70. The molecule has 1 unspecified atom stereocenters. The van der Waals surface area contributed by atoms with E-state index >= 15 is 0 Å². The predicted molar refractivity (Wildman–Crippen MR) is 72.3 cm³/mol. The molecule has 1 fully saturated rings. The highest BCUT2D eigenvalue weighted by atomic mass is 15.4. The maximum Gasteiger partial charge on any atom is 0.202 e. The summed E-state index contributed by atoms with van der Waals surface area (Å²) in [4.78, 5) is 4.54. The van der Waals surface area contributed by atoms with Crippen molar-refractivity contribution in [3.8, 4) is 0 Å². The fourth-order valence-electron chi connectivity index (χ4n) is 2.81. The molecule has 5 nitrogen and oxygen atoms in total. The van der Waals surface area contributed by atoms with E-state index in [-0.39, 0.29) is 0 Å². The van der Waals surface area contributed by atoms with Gasteiger partial charge in [-0.25, -0.2) is 4.98 Å². The van der Waals surface area contributed by atoms with Gasteiger partial charge < -0.3 is 5.73 Å². The SMILES string of the molecule is CCCc1nn(C)c2c1nc(N)n2C1CC1(C)C. The third kappa shape index (κ3) is 1.46. The molecule has 1 aliphatic carbocycles. The number of nitrogen functional groups attached to an aromatic ring is 1. The molecular formula is C13H21N5. The van der Waals surface area contributed by atoms with Crippen LogP contribution < -0.4 is 5.73 Å². The van der Waals surface area contributed by atoms with Crippen molar-refractivity contribution in [3.63, 3.8) is 0 Å². The molecule has 0 saturated heterocycles. The molecule has 98 valence electrons. The zero-order valence-electron chi connectivity index (χ0n) is 11.6. The quantitative estimate of drug-likeness (QED) is 0.905. The van der Waals surface area contributed by atoms with Crippen LogP contribution in [0.3, 0.4) is 0 Å². The lowest BCUT2D eigenvalue weighted by atomic mass is 10.2. The first-order valence-corrected chi connectivity index (χ1v) is 6.65. The lowest BCUT2D eigenvalue weighted by Crippen LogP contribution is -2.08. The topological polar surface area (TPSA) is 61.7 Å². The molecule has 0 aliphatic heterocycles. The van der Waals surface area contributed by atoms with Crippen LogP contribution in [0.15, 0.2) is 0 Å².